The molecule has 1 aliphatic rings. The molecule has 1 fully saturated rings. The van der Waals surface area contributed by atoms with Crippen LogP contribution in [0, 0.1) is 29.1 Å². The van der Waals surface area contributed by atoms with E-state index in [9.17, 15) is 26.7 Å². The molecule has 8 heteroatoms. The number of piperidine rings is 1. The van der Waals surface area contributed by atoms with Gasteiger partial charge >= 0.3 is 0 Å². The summed E-state index contributed by atoms with van der Waals surface area (Å²) in [6.45, 7) is 0.400. The van der Waals surface area contributed by atoms with Crippen LogP contribution in [0.1, 0.15) is 23.2 Å². The van der Waals surface area contributed by atoms with E-state index in [1.54, 1.807) is 0 Å². The largest absolute Gasteiger partial charge is 0.490 e. The van der Waals surface area contributed by atoms with Crippen molar-refractivity contribution >= 4 is 5.91 Å². The molecule has 0 bridgehead atoms. The highest BCUT2D eigenvalue weighted by Crippen LogP contribution is 2.23. The number of likely N-dealkylation sites (tertiary alicyclic amines) is 1. The Hall–Kier alpha value is -2.64. The first kappa shape index (κ1) is 18.2. The summed E-state index contributed by atoms with van der Waals surface area (Å²) in [6.07, 6.45) is 0.408. The molecule has 0 N–H and O–H groups in total. The third kappa shape index (κ3) is 3.63. The first-order valence-corrected chi connectivity index (χ1v) is 7.91. The zero-order valence-electron chi connectivity index (χ0n) is 13.4. The minimum absolute atomic E-state index is 0.167. The lowest BCUT2D eigenvalue weighted by Crippen LogP contribution is -2.42. The van der Waals surface area contributed by atoms with Crippen LogP contribution in [0.2, 0.25) is 0 Å². The fraction of sp³-hybridized carbons (Fsp3) is 0.278. The summed E-state index contributed by atoms with van der Waals surface area (Å²) >= 11 is 0. The summed E-state index contributed by atoms with van der Waals surface area (Å²) in [6, 6.07) is 4.79. The number of ether oxygens (including phenoxy) is 1. The summed E-state index contributed by atoms with van der Waals surface area (Å²) in [4.78, 5) is 13.6. The molecule has 3 nitrogen and oxygen atoms in total. The highest BCUT2D eigenvalue weighted by Gasteiger charge is 2.28. The fourth-order valence-corrected chi connectivity index (χ4v) is 2.78. The van der Waals surface area contributed by atoms with Gasteiger partial charge in [-0.1, -0.05) is 0 Å². The third-order valence-corrected chi connectivity index (χ3v) is 4.19. The van der Waals surface area contributed by atoms with Crippen molar-refractivity contribution in [3.05, 3.63) is 65.0 Å². The minimum Gasteiger partial charge on any atom is -0.490 e. The second-order valence-corrected chi connectivity index (χ2v) is 5.91. The van der Waals surface area contributed by atoms with Crippen LogP contribution < -0.4 is 4.74 Å². The number of nitrogens with zero attached hydrogens (tertiary/aromatic N) is 1. The first-order valence-electron chi connectivity index (χ1n) is 7.91. The van der Waals surface area contributed by atoms with Gasteiger partial charge in [0.25, 0.3) is 5.91 Å². The van der Waals surface area contributed by atoms with E-state index in [-0.39, 0.29) is 24.9 Å². The predicted octanol–water partition coefficient (Wildman–Crippen LogP) is 4.07. The Balaban J connectivity index is 1.62. The molecule has 0 unspecified atom stereocenters. The van der Waals surface area contributed by atoms with Gasteiger partial charge in [-0.15, -0.1) is 0 Å². The third-order valence-electron chi connectivity index (χ3n) is 4.19. The summed E-state index contributed by atoms with van der Waals surface area (Å²) in [5, 5.41) is 0. The highest BCUT2D eigenvalue weighted by molar-refractivity contribution is 5.94. The standard InChI is InChI=1S/C18H14F5NO2/c19-13-3-1-11(9-15(13)21)26-10-5-7-24(8-6-10)18(25)12-2-4-14(20)17(23)16(12)22/h1-4,9-10H,5-8H2. The van der Waals surface area contributed by atoms with Gasteiger partial charge in [0.05, 0.1) is 5.56 Å². The summed E-state index contributed by atoms with van der Waals surface area (Å²) < 4.78 is 71.7. The normalized spacial score (nSPS) is 15.2. The lowest BCUT2D eigenvalue weighted by molar-refractivity contribution is 0.0589. The van der Waals surface area contributed by atoms with Crippen LogP contribution >= 0.6 is 0 Å². The lowest BCUT2D eigenvalue weighted by Gasteiger charge is -2.32. The van der Waals surface area contributed by atoms with Gasteiger partial charge in [-0.3, -0.25) is 4.79 Å². The number of hydrogen-bond donors (Lipinski definition) is 0. The van der Waals surface area contributed by atoms with Crippen molar-refractivity contribution in [2.75, 3.05) is 13.1 Å². The van der Waals surface area contributed by atoms with Crippen molar-refractivity contribution in [3.63, 3.8) is 0 Å². The van der Waals surface area contributed by atoms with Crippen molar-refractivity contribution in [2.24, 2.45) is 0 Å². The number of carbonyl (C=O) groups is 1. The molecular weight excluding hydrogens is 357 g/mol. The first-order chi connectivity index (χ1) is 12.4. The molecular formula is C18H14F5NO2. The Bertz CT molecular complexity index is 835. The van der Waals surface area contributed by atoms with E-state index < -0.39 is 40.6 Å². The van der Waals surface area contributed by atoms with Gasteiger partial charge in [-0.05, 0) is 24.3 Å². The Kier molecular flexibility index (Phi) is 5.11. The van der Waals surface area contributed by atoms with E-state index in [0.717, 1.165) is 18.2 Å². The molecule has 1 aliphatic heterocycles. The molecule has 0 radical (unpaired) electrons. The van der Waals surface area contributed by atoms with Crippen LogP contribution in [0.4, 0.5) is 22.0 Å². The maximum absolute atomic E-state index is 13.7. The van der Waals surface area contributed by atoms with Gasteiger partial charge in [-0.2, -0.15) is 0 Å². The highest BCUT2D eigenvalue weighted by atomic mass is 19.2. The van der Waals surface area contributed by atoms with Crippen LogP contribution in [0.5, 0.6) is 5.75 Å². The van der Waals surface area contributed by atoms with Crippen molar-refractivity contribution in [1.29, 1.82) is 0 Å². The predicted molar refractivity (Wildman–Crippen MR) is 82.2 cm³/mol. The number of benzene rings is 2. The Morgan fingerprint density at radius 3 is 2.19 bits per heavy atom. The van der Waals surface area contributed by atoms with Gasteiger partial charge in [0.15, 0.2) is 29.1 Å². The van der Waals surface area contributed by atoms with E-state index in [1.807, 2.05) is 0 Å². The van der Waals surface area contributed by atoms with Gasteiger partial charge in [0.2, 0.25) is 0 Å². The molecule has 3 rings (SSSR count). The SMILES string of the molecule is O=C(c1ccc(F)c(F)c1F)N1CCC(Oc2ccc(F)c(F)c2)CC1. The number of halogens is 5. The van der Waals surface area contributed by atoms with Crippen LogP contribution in [-0.2, 0) is 0 Å². The smallest absolute Gasteiger partial charge is 0.256 e. The van der Waals surface area contributed by atoms with Crippen molar-refractivity contribution < 1.29 is 31.5 Å². The Morgan fingerprint density at radius 2 is 1.54 bits per heavy atom. The molecule has 138 valence electrons. The summed E-state index contributed by atoms with van der Waals surface area (Å²) in [7, 11) is 0. The van der Waals surface area contributed by atoms with Crippen molar-refractivity contribution in [2.45, 2.75) is 18.9 Å². The molecule has 1 saturated heterocycles. The summed E-state index contributed by atoms with van der Waals surface area (Å²) in [5.41, 5.74) is -0.538. The van der Waals surface area contributed by atoms with E-state index in [4.69, 9.17) is 4.74 Å². The molecule has 2 aromatic carbocycles. The number of hydrogen-bond acceptors (Lipinski definition) is 2. The van der Waals surface area contributed by atoms with Gasteiger partial charge in [0.1, 0.15) is 11.9 Å². The van der Waals surface area contributed by atoms with Crippen LogP contribution in [0.3, 0.4) is 0 Å². The molecule has 2 aromatic rings. The molecule has 0 saturated carbocycles. The number of rotatable bonds is 3. The van der Waals surface area contributed by atoms with E-state index in [2.05, 4.69) is 0 Å². The molecule has 26 heavy (non-hydrogen) atoms. The maximum Gasteiger partial charge on any atom is 0.256 e. The topological polar surface area (TPSA) is 29.5 Å². The average molecular weight is 371 g/mol. The summed E-state index contributed by atoms with van der Waals surface area (Å²) in [5.74, 6) is -7.15. The van der Waals surface area contributed by atoms with Crippen molar-refractivity contribution in [3.8, 4) is 5.75 Å². The van der Waals surface area contributed by atoms with Crippen molar-refractivity contribution in [1.82, 2.24) is 4.90 Å². The van der Waals surface area contributed by atoms with Gasteiger partial charge < -0.3 is 9.64 Å². The lowest BCUT2D eigenvalue weighted by atomic mass is 10.1. The second-order valence-electron chi connectivity index (χ2n) is 5.91. The molecule has 0 spiro atoms. The van der Waals surface area contributed by atoms with Crippen LogP contribution in [-0.4, -0.2) is 30.0 Å². The second kappa shape index (κ2) is 7.31. The maximum atomic E-state index is 13.7. The Labute approximate surface area is 146 Å². The van der Waals surface area contributed by atoms with E-state index >= 15 is 0 Å². The van der Waals surface area contributed by atoms with Gasteiger partial charge in [-0.25, -0.2) is 22.0 Å². The quantitative estimate of drug-likeness (QED) is 0.602. The Morgan fingerprint density at radius 1 is 0.885 bits per heavy atom. The molecule has 1 heterocycles. The fourth-order valence-electron chi connectivity index (χ4n) is 2.78. The van der Waals surface area contributed by atoms with E-state index in [0.29, 0.717) is 18.9 Å². The number of amides is 1. The molecule has 0 atom stereocenters. The van der Waals surface area contributed by atoms with E-state index in [1.165, 1.54) is 11.0 Å². The van der Waals surface area contributed by atoms with Crippen LogP contribution in [0.25, 0.3) is 0 Å². The molecule has 1 amide bonds. The zero-order chi connectivity index (χ0) is 18.8. The van der Waals surface area contributed by atoms with Gasteiger partial charge in [0, 0.05) is 32.0 Å². The molecule has 0 aromatic heterocycles. The average Bonchev–Trinajstić information content (AvgIpc) is 2.63. The monoisotopic (exact) mass is 371 g/mol. The number of carbonyl (C=O) groups excluding carboxylic acids is 1. The zero-order valence-corrected chi connectivity index (χ0v) is 13.4. The van der Waals surface area contributed by atoms with Crippen LogP contribution in [0.15, 0.2) is 30.3 Å². The molecule has 0 aliphatic carbocycles. The minimum atomic E-state index is -1.69.